The van der Waals surface area contributed by atoms with Gasteiger partial charge >= 0.3 is 5.97 Å². The molecule has 2 unspecified atom stereocenters. The Morgan fingerprint density at radius 2 is 2.08 bits per heavy atom. The Bertz CT molecular complexity index is 631. The van der Waals surface area contributed by atoms with Crippen LogP contribution in [0.15, 0.2) is 24.3 Å². The summed E-state index contributed by atoms with van der Waals surface area (Å²) in [4.78, 5) is 37.3. The summed E-state index contributed by atoms with van der Waals surface area (Å²) in [6, 6.07) is 5.70. The van der Waals surface area contributed by atoms with Gasteiger partial charge in [0.25, 0.3) is 11.8 Å². The number of carbonyl (C=O) groups excluding carboxylic acids is 2. The van der Waals surface area contributed by atoms with Crippen LogP contribution in [-0.4, -0.2) is 53.6 Å². The molecule has 0 spiro atoms. The van der Waals surface area contributed by atoms with Gasteiger partial charge in [0.1, 0.15) is 12.1 Å². The van der Waals surface area contributed by atoms with Crippen LogP contribution in [0.25, 0.3) is 0 Å². The molecule has 130 valence electrons. The number of rotatable bonds is 5. The minimum Gasteiger partial charge on any atom is -0.480 e. The van der Waals surface area contributed by atoms with Crippen LogP contribution in [0, 0.1) is 0 Å². The minimum atomic E-state index is -0.985. The summed E-state index contributed by atoms with van der Waals surface area (Å²) < 4.78 is 4.94. The summed E-state index contributed by atoms with van der Waals surface area (Å²) in [6.07, 6.45) is 1.44. The summed E-state index contributed by atoms with van der Waals surface area (Å²) in [6.45, 7) is 2.04. The second-order valence-electron chi connectivity index (χ2n) is 5.80. The average molecular weight is 334 g/mol. The molecule has 1 heterocycles. The molecule has 7 heteroatoms. The van der Waals surface area contributed by atoms with Crippen molar-refractivity contribution in [3.8, 4) is 0 Å². The number of amides is 2. The van der Waals surface area contributed by atoms with Crippen molar-refractivity contribution in [2.24, 2.45) is 0 Å². The lowest BCUT2D eigenvalue weighted by atomic mass is 10.0. The first kappa shape index (κ1) is 17.9. The molecule has 2 rings (SSSR count). The van der Waals surface area contributed by atoms with Gasteiger partial charge in [-0.15, -0.1) is 0 Å². The molecule has 0 aliphatic carbocycles. The Hall–Kier alpha value is -2.41. The van der Waals surface area contributed by atoms with Gasteiger partial charge in [-0.2, -0.15) is 0 Å². The Balaban J connectivity index is 2.16. The fourth-order valence-corrected chi connectivity index (χ4v) is 2.68. The van der Waals surface area contributed by atoms with E-state index in [1.165, 1.54) is 12.0 Å². The molecule has 0 radical (unpaired) electrons. The topological polar surface area (TPSA) is 95.9 Å². The second kappa shape index (κ2) is 7.92. The molecule has 0 aromatic heterocycles. The van der Waals surface area contributed by atoms with Crippen molar-refractivity contribution < 1.29 is 24.2 Å². The van der Waals surface area contributed by atoms with E-state index in [4.69, 9.17) is 4.74 Å². The molecule has 2 amide bonds. The molecule has 7 nitrogen and oxygen atoms in total. The number of nitrogens with zero attached hydrogens (tertiary/aromatic N) is 1. The Morgan fingerprint density at radius 1 is 1.33 bits per heavy atom. The van der Waals surface area contributed by atoms with Gasteiger partial charge in [-0.05, 0) is 44.4 Å². The SMILES string of the molecule is COC(C)C(=O)Nc1cccc(C(=O)N2CCCCC2C(=O)O)c1. The number of hydrogen-bond acceptors (Lipinski definition) is 4. The van der Waals surface area contributed by atoms with E-state index in [1.807, 2.05) is 0 Å². The third-order valence-electron chi connectivity index (χ3n) is 4.15. The first-order chi connectivity index (χ1) is 11.4. The number of benzene rings is 1. The molecule has 1 aliphatic heterocycles. The van der Waals surface area contributed by atoms with E-state index in [2.05, 4.69) is 5.32 Å². The van der Waals surface area contributed by atoms with Crippen LogP contribution >= 0.6 is 0 Å². The molecule has 1 aromatic carbocycles. The van der Waals surface area contributed by atoms with Crippen LogP contribution in [0.2, 0.25) is 0 Å². The number of carboxylic acids is 1. The fourth-order valence-electron chi connectivity index (χ4n) is 2.68. The normalized spacial score (nSPS) is 18.8. The van der Waals surface area contributed by atoms with Crippen LogP contribution in [0.4, 0.5) is 5.69 Å². The number of methoxy groups -OCH3 is 1. The Morgan fingerprint density at radius 3 is 2.75 bits per heavy atom. The van der Waals surface area contributed by atoms with Gasteiger partial charge in [-0.3, -0.25) is 9.59 Å². The molecule has 1 saturated heterocycles. The zero-order chi connectivity index (χ0) is 17.7. The molecule has 24 heavy (non-hydrogen) atoms. The van der Waals surface area contributed by atoms with Crippen LogP contribution in [0.3, 0.4) is 0 Å². The number of carboxylic acid groups (broad SMARTS) is 1. The van der Waals surface area contributed by atoms with E-state index in [0.717, 1.165) is 12.8 Å². The van der Waals surface area contributed by atoms with Gasteiger partial charge in [-0.1, -0.05) is 6.07 Å². The third kappa shape index (κ3) is 4.11. The largest absolute Gasteiger partial charge is 0.480 e. The van der Waals surface area contributed by atoms with E-state index < -0.39 is 18.1 Å². The lowest BCUT2D eigenvalue weighted by Crippen LogP contribution is -2.48. The minimum absolute atomic E-state index is 0.316. The van der Waals surface area contributed by atoms with E-state index >= 15 is 0 Å². The molecule has 0 saturated carbocycles. The number of likely N-dealkylation sites (tertiary alicyclic amines) is 1. The molecule has 1 fully saturated rings. The number of nitrogens with one attached hydrogen (secondary N) is 1. The predicted molar refractivity (Wildman–Crippen MR) is 87.9 cm³/mol. The van der Waals surface area contributed by atoms with Crippen LogP contribution in [-0.2, 0) is 14.3 Å². The van der Waals surface area contributed by atoms with Gasteiger partial charge in [0.05, 0.1) is 0 Å². The molecule has 1 aliphatic rings. The molecule has 2 atom stereocenters. The third-order valence-corrected chi connectivity index (χ3v) is 4.15. The van der Waals surface area contributed by atoms with Crippen LogP contribution in [0.5, 0.6) is 0 Å². The van der Waals surface area contributed by atoms with Crippen LogP contribution < -0.4 is 5.32 Å². The van der Waals surface area contributed by atoms with Gasteiger partial charge in [0.2, 0.25) is 0 Å². The summed E-state index contributed by atoms with van der Waals surface area (Å²) in [5.41, 5.74) is 0.824. The van der Waals surface area contributed by atoms with Crippen LogP contribution in [0.1, 0.15) is 36.5 Å². The molecule has 1 aromatic rings. The lowest BCUT2D eigenvalue weighted by Gasteiger charge is -2.33. The van der Waals surface area contributed by atoms with Gasteiger partial charge < -0.3 is 20.1 Å². The standard InChI is InChI=1S/C17H22N2O5/c1-11(24-2)15(20)18-13-7-5-6-12(10-13)16(21)19-9-4-3-8-14(19)17(22)23/h5-7,10-11,14H,3-4,8-9H2,1-2H3,(H,18,20)(H,22,23). The van der Waals surface area contributed by atoms with E-state index in [0.29, 0.717) is 24.2 Å². The quantitative estimate of drug-likeness (QED) is 0.855. The Labute approximate surface area is 140 Å². The monoisotopic (exact) mass is 334 g/mol. The summed E-state index contributed by atoms with van der Waals surface area (Å²) in [7, 11) is 1.44. The number of hydrogen-bond donors (Lipinski definition) is 2. The van der Waals surface area contributed by atoms with Gasteiger partial charge in [0.15, 0.2) is 0 Å². The van der Waals surface area contributed by atoms with Crippen molar-refractivity contribution in [3.63, 3.8) is 0 Å². The first-order valence-electron chi connectivity index (χ1n) is 7.91. The van der Waals surface area contributed by atoms with Crippen molar-refractivity contribution in [1.82, 2.24) is 4.90 Å². The first-order valence-corrected chi connectivity index (χ1v) is 7.91. The highest BCUT2D eigenvalue weighted by molar-refractivity contribution is 5.99. The maximum atomic E-state index is 12.7. The van der Waals surface area contributed by atoms with Gasteiger partial charge in [0, 0.05) is 24.9 Å². The predicted octanol–water partition coefficient (Wildman–Crippen LogP) is 1.74. The van der Waals surface area contributed by atoms with E-state index in [-0.39, 0.29) is 11.8 Å². The molecule has 2 N–H and O–H groups in total. The highest BCUT2D eigenvalue weighted by Crippen LogP contribution is 2.21. The molecular formula is C17H22N2O5. The maximum Gasteiger partial charge on any atom is 0.326 e. The lowest BCUT2D eigenvalue weighted by molar-refractivity contribution is -0.143. The zero-order valence-electron chi connectivity index (χ0n) is 13.8. The maximum absolute atomic E-state index is 12.7. The second-order valence-corrected chi connectivity index (χ2v) is 5.80. The summed E-state index contributed by atoms with van der Waals surface area (Å²) in [5, 5.41) is 12.0. The molecular weight excluding hydrogens is 312 g/mol. The highest BCUT2D eigenvalue weighted by atomic mass is 16.5. The van der Waals surface area contributed by atoms with Gasteiger partial charge in [-0.25, -0.2) is 4.79 Å². The number of anilines is 1. The fraction of sp³-hybridized carbons (Fsp3) is 0.471. The van der Waals surface area contributed by atoms with Crippen molar-refractivity contribution >= 4 is 23.5 Å². The number of piperidine rings is 1. The highest BCUT2D eigenvalue weighted by Gasteiger charge is 2.32. The number of ether oxygens (including phenoxy) is 1. The smallest absolute Gasteiger partial charge is 0.326 e. The van der Waals surface area contributed by atoms with Crippen molar-refractivity contribution in [3.05, 3.63) is 29.8 Å². The summed E-state index contributed by atoms with van der Waals surface area (Å²) >= 11 is 0. The van der Waals surface area contributed by atoms with Crippen molar-refractivity contribution in [1.29, 1.82) is 0 Å². The zero-order valence-corrected chi connectivity index (χ0v) is 13.8. The molecule has 0 bridgehead atoms. The summed E-state index contributed by atoms with van der Waals surface area (Å²) in [5.74, 6) is -1.64. The van der Waals surface area contributed by atoms with Crippen molar-refractivity contribution in [2.75, 3.05) is 19.0 Å². The van der Waals surface area contributed by atoms with Crippen molar-refractivity contribution in [2.45, 2.75) is 38.3 Å². The Kier molecular flexibility index (Phi) is 5.92. The van der Waals surface area contributed by atoms with E-state index in [1.54, 1.807) is 31.2 Å². The van der Waals surface area contributed by atoms with E-state index in [9.17, 15) is 19.5 Å². The number of aliphatic carboxylic acids is 1. The average Bonchev–Trinajstić information content (AvgIpc) is 2.60. The number of carbonyl (C=O) groups is 3.